The topological polar surface area (TPSA) is 81.1 Å². The average molecular weight is 255 g/mol. The number of nitrogen functional groups attached to an aromatic ring is 2. The summed E-state index contributed by atoms with van der Waals surface area (Å²) in [5, 5.41) is 2.86. The number of nitrogens with one attached hydrogen (secondary N) is 1. The lowest BCUT2D eigenvalue weighted by Crippen LogP contribution is -2.24. The Balaban J connectivity index is 1.91. The van der Waals surface area contributed by atoms with E-state index in [0.29, 0.717) is 17.9 Å². The third-order valence-electron chi connectivity index (χ3n) is 2.85. The molecule has 0 atom stereocenters. The Kier molecular flexibility index (Phi) is 4.03. The van der Waals surface area contributed by atoms with Crippen molar-refractivity contribution in [1.82, 2.24) is 5.32 Å². The zero-order valence-electron chi connectivity index (χ0n) is 10.6. The van der Waals surface area contributed by atoms with Crippen molar-refractivity contribution in [3.05, 3.63) is 59.7 Å². The monoisotopic (exact) mass is 255 g/mol. The number of carbonyl (C=O) groups excluding carboxylic acids is 1. The van der Waals surface area contributed by atoms with Gasteiger partial charge in [0.2, 0.25) is 5.91 Å². The average Bonchev–Trinajstić information content (AvgIpc) is 2.41. The van der Waals surface area contributed by atoms with Crippen LogP contribution in [0.3, 0.4) is 0 Å². The lowest BCUT2D eigenvalue weighted by Gasteiger charge is -2.08. The van der Waals surface area contributed by atoms with E-state index in [0.717, 1.165) is 11.1 Å². The van der Waals surface area contributed by atoms with E-state index >= 15 is 0 Å². The van der Waals surface area contributed by atoms with Crippen molar-refractivity contribution in [2.75, 3.05) is 11.5 Å². The highest BCUT2D eigenvalue weighted by Gasteiger charge is 2.06. The second-order valence-corrected chi connectivity index (χ2v) is 4.40. The van der Waals surface area contributed by atoms with Gasteiger partial charge < -0.3 is 16.8 Å². The molecule has 5 N–H and O–H groups in total. The van der Waals surface area contributed by atoms with Crippen LogP contribution in [0.2, 0.25) is 0 Å². The second kappa shape index (κ2) is 5.91. The minimum absolute atomic E-state index is 0.0553. The van der Waals surface area contributed by atoms with Gasteiger partial charge in [0.05, 0.1) is 6.42 Å². The molecule has 19 heavy (non-hydrogen) atoms. The number of amides is 1. The first-order chi connectivity index (χ1) is 9.15. The molecule has 4 nitrogen and oxygen atoms in total. The Morgan fingerprint density at radius 2 is 1.79 bits per heavy atom. The van der Waals surface area contributed by atoms with Crippen molar-refractivity contribution in [1.29, 1.82) is 0 Å². The molecule has 0 fully saturated rings. The highest BCUT2D eigenvalue weighted by molar-refractivity contribution is 5.80. The summed E-state index contributed by atoms with van der Waals surface area (Å²) in [6.07, 6.45) is 0.263. The number of nitrogens with two attached hydrogens (primary N) is 2. The summed E-state index contributed by atoms with van der Waals surface area (Å²) in [5.74, 6) is -0.0553. The maximum atomic E-state index is 11.8. The molecule has 2 aromatic rings. The Labute approximate surface area is 112 Å². The minimum atomic E-state index is -0.0553. The van der Waals surface area contributed by atoms with Crippen LogP contribution in [0.4, 0.5) is 11.4 Å². The van der Waals surface area contributed by atoms with Gasteiger partial charge >= 0.3 is 0 Å². The lowest BCUT2D eigenvalue weighted by atomic mass is 10.1. The SMILES string of the molecule is Nc1ccc(CC(=O)NCc2ccccc2)c(N)c1. The Hall–Kier alpha value is -2.49. The van der Waals surface area contributed by atoms with Crippen LogP contribution in [0.25, 0.3) is 0 Å². The summed E-state index contributed by atoms with van der Waals surface area (Å²) in [4.78, 5) is 11.8. The highest BCUT2D eigenvalue weighted by atomic mass is 16.1. The summed E-state index contributed by atoms with van der Waals surface area (Å²) in [6, 6.07) is 15.0. The number of anilines is 2. The summed E-state index contributed by atoms with van der Waals surface area (Å²) < 4.78 is 0. The van der Waals surface area contributed by atoms with E-state index in [4.69, 9.17) is 11.5 Å². The zero-order valence-corrected chi connectivity index (χ0v) is 10.6. The number of hydrogen-bond donors (Lipinski definition) is 3. The highest BCUT2D eigenvalue weighted by Crippen LogP contribution is 2.16. The summed E-state index contributed by atoms with van der Waals surface area (Å²) in [6.45, 7) is 0.522. The molecular weight excluding hydrogens is 238 g/mol. The first kappa shape index (κ1) is 13.0. The van der Waals surface area contributed by atoms with Crippen LogP contribution in [-0.2, 0) is 17.8 Å². The van der Waals surface area contributed by atoms with Crippen molar-refractivity contribution >= 4 is 17.3 Å². The fraction of sp³-hybridized carbons (Fsp3) is 0.133. The van der Waals surface area contributed by atoms with Crippen LogP contribution in [0.5, 0.6) is 0 Å². The van der Waals surface area contributed by atoms with E-state index in [-0.39, 0.29) is 12.3 Å². The molecule has 0 aliphatic rings. The van der Waals surface area contributed by atoms with Crippen LogP contribution in [-0.4, -0.2) is 5.91 Å². The molecule has 0 heterocycles. The molecule has 0 aromatic heterocycles. The van der Waals surface area contributed by atoms with Crippen molar-refractivity contribution in [3.63, 3.8) is 0 Å². The molecule has 1 amide bonds. The van der Waals surface area contributed by atoms with Gasteiger partial charge in [0.1, 0.15) is 0 Å². The fourth-order valence-electron chi connectivity index (χ4n) is 1.81. The van der Waals surface area contributed by atoms with E-state index in [1.165, 1.54) is 0 Å². The Bertz CT molecular complexity index is 567. The van der Waals surface area contributed by atoms with Gasteiger partial charge in [0.15, 0.2) is 0 Å². The van der Waals surface area contributed by atoms with Gasteiger partial charge in [-0.15, -0.1) is 0 Å². The largest absolute Gasteiger partial charge is 0.399 e. The van der Waals surface area contributed by atoms with Gasteiger partial charge in [0.25, 0.3) is 0 Å². The van der Waals surface area contributed by atoms with E-state index in [1.807, 2.05) is 30.3 Å². The van der Waals surface area contributed by atoms with Crippen LogP contribution in [0, 0.1) is 0 Å². The maximum Gasteiger partial charge on any atom is 0.224 e. The van der Waals surface area contributed by atoms with E-state index in [1.54, 1.807) is 18.2 Å². The van der Waals surface area contributed by atoms with E-state index < -0.39 is 0 Å². The van der Waals surface area contributed by atoms with E-state index in [9.17, 15) is 4.79 Å². The molecule has 2 aromatic carbocycles. The van der Waals surface area contributed by atoms with Crippen LogP contribution >= 0.6 is 0 Å². The molecule has 0 saturated heterocycles. The fourth-order valence-corrected chi connectivity index (χ4v) is 1.81. The van der Waals surface area contributed by atoms with Gasteiger partial charge in [-0.3, -0.25) is 4.79 Å². The first-order valence-corrected chi connectivity index (χ1v) is 6.09. The maximum absolute atomic E-state index is 11.8. The van der Waals surface area contributed by atoms with Crippen molar-refractivity contribution in [2.45, 2.75) is 13.0 Å². The minimum Gasteiger partial charge on any atom is -0.399 e. The number of rotatable bonds is 4. The molecule has 2 rings (SSSR count). The van der Waals surface area contributed by atoms with Crippen molar-refractivity contribution in [3.8, 4) is 0 Å². The lowest BCUT2D eigenvalue weighted by molar-refractivity contribution is -0.120. The van der Waals surface area contributed by atoms with Gasteiger partial charge in [-0.1, -0.05) is 36.4 Å². The smallest absolute Gasteiger partial charge is 0.224 e. The normalized spacial score (nSPS) is 10.1. The Morgan fingerprint density at radius 3 is 2.47 bits per heavy atom. The van der Waals surface area contributed by atoms with E-state index in [2.05, 4.69) is 5.32 Å². The molecule has 0 aliphatic heterocycles. The molecule has 98 valence electrons. The summed E-state index contributed by atoms with van der Waals surface area (Å²) in [7, 11) is 0. The summed E-state index contributed by atoms with van der Waals surface area (Å²) >= 11 is 0. The molecule has 0 saturated carbocycles. The first-order valence-electron chi connectivity index (χ1n) is 6.09. The number of hydrogen-bond acceptors (Lipinski definition) is 3. The third-order valence-corrected chi connectivity index (χ3v) is 2.85. The van der Waals surface area contributed by atoms with Crippen molar-refractivity contribution in [2.24, 2.45) is 0 Å². The van der Waals surface area contributed by atoms with Crippen LogP contribution < -0.4 is 16.8 Å². The molecule has 0 aliphatic carbocycles. The second-order valence-electron chi connectivity index (χ2n) is 4.40. The standard InChI is InChI=1S/C15H17N3O/c16-13-7-6-12(14(17)9-13)8-15(19)18-10-11-4-2-1-3-5-11/h1-7,9H,8,10,16-17H2,(H,18,19). The molecule has 0 bridgehead atoms. The summed E-state index contributed by atoms with van der Waals surface area (Å²) in [5.41, 5.74) is 14.4. The van der Waals surface area contributed by atoms with Gasteiger partial charge in [-0.05, 0) is 23.3 Å². The van der Waals surface area contributed by atoms with Gasteiger partial charge in [-0.25, -0.2) is 0 Å². The van der Waals surface area contributed by atoms with Crippen LogP contribution in [0.1, 0.15) is 11.1 Å². The van der Waals surface area contributed by atoms with Crippen LogP contribution in [0.15, 0.2) is 48.5 Å². The van der Waals surface area contributed by atoms with Crippen molar-refractivity contribution < 1.29 is 4.79 Å². The molecule has 0 unspecified atom stereocenters. The van der Waals surface area contributed by atoms with Gasteiger partial charge in [0, 0.05) is 17.9 Å². The molecule has 4 heteroatoms. The quantitative estimate of drug-likeness (QED) is 0.727. The van der Waals surface area contributed by atoms with Gasteiger partial charge in [-0.2, -0.15) is 0 Å². The number of carbonyl (C=O) groups is 1. The molecule has 0 radical (unpaired) electrons. The number of benzene rings is 2. The zero-order chi connectivity index (χ0) is 13.7. The predicted molar refractivity (Wildman–Crippen MR) is 77.3 cm³/mol. The molecule has 0 spiro atoms. The molecular formula is C15H17N3O. The Morgan fingerprint density at radius 1 is 1.05 bits per heavy atom. The third kappa shape index (κ3) is 3.74. The predicted octanol–water partition coefficient (Wildman–Crippen LogP) is 1.71.